The number of carbonyl (C=O) groups is 1. The van der Waals surface area contributed by atoms with Crippen molar-refractivity contribution in [3.63, 3.8) is 0 Å². The Morgan fingerprint density at radius 3 is 2.78 bits per heavy atom. The Morgan fingerprint density at radius 2 is 2.22 bits per heavy atom. The monoisotopic (exact) mass is 251 g/mol. The van der Waals surface area contributed by atoms with Gasteiger partial charge in [-0.1, -0.05) is 12.8 Å². The third-order valence-electron chi connectivity index (χ3n) is 3.84. The van der Waals surface area contributed by atoms with Crippen molar-refractivity contribution in [2.75, 3.05) is 0 Å². The molecule has 1 heterocycles. The number of aromatic nitrogens is 2. The van der Waals surface area contributed by atoms with E-state index in [0.717, 1.165) is 36.9 Å². The molecule has 0 spiro atoms. The molecule has 1 aliphatic carbocycles. The van der Waals surface area contributed by atoms with Crippen LogP contribution in [-0.2, 0) is 18.4 Å². The molecule has 1 saturated carbocycles. The number of aryl methyl sites for hydroxylation is 1. The highest BCUT2D eigenvalue weighted by atomic mass is 16.3. The summed E-state index contributed by atoms with van der Waals surface area (Å²) in [6.07, 6.45) is 5.50. The van der Waals surface area contributed by atoms with E-state index in [4.69, 9.17) is 0 Å². The van der Waals surface area contributed by atoms with Crippen LogP contribution in [0.3, 0.4) is 0 Å². The minimum atomic E-state index is -0.770. The number of nitrogens with one attached hydrogen (secondary N) is 1. The van der Waals surface area contributed by atoms with Crippen LogP contribution in [0.1, 0.15) is 43.4 Å². The van der Waals surface area contributed by atoms with Gasteiger partial charge >= 0.3 is 0 Å². The van der Waals surface area contributed by atoms with Crippen molar-refractivity contribution in [2.45, 2.75) is 51.2 Å². The first-order valence-electron chi connectivity index (χ1n) is 6.47. The van der Waals surface area contributed by atoms with Gasteiger partial charge in [0, 0.05) is 24.8 Å². The van der Waals surface area contributed by atoms with Crippen LogP contribution in [0.2, 0.25) is 0 Å². The third-order valence-corrected chi connectivity index (χ3v) is 3.84. The van der Waals surface area contributed by atoms with Crippen molar-refractivity contribution in [1.29, 1.82) is 0 Å². The van der Waals surface area contributed by atoms with E-state index in [1.807, 2.05) is 14.0 Å². The molecule has 0 radical (unpaired) electrons. The summed E-state index contributed by atoms with van der Waals surface area (Å²) in [5, 5.41) is 17.1. The molecule has 1 fully saturated rings. The number of hydrogen-bond acceptors (Lipinski definition) is 3. The van der Waals surface area contributed by atoms with Crippen LogP contribution in [0, 0.1) is 6.92 Å². The third kappa shape index (κ3) is 2.90. The zero-order valence-electron chi connectivity index (χ0n) is 11.1. The van der Waals surface area contributed by atoms with Crippen LogP contribution in [0.25, 0.3) is 0 Å². The zero-order valence-corrected chi connectivity index (χ0v) is 11.1. The van der Waals surface area contributed by atoms with Gasteiger partial charge in [0.1, 0.15) is 0 Å². The van der Waals surface area contributed by atoms with Gasteiger partial charge in [0.05, 0.1) is 18.2 Å². The minimum Gasteiger partial charge on any atom is -0.389 e. The molecule has 1 aromatic rings. The van der Waals surface area contributed by atoms with Crippen molar-refractivity contribution in [3.8, 4) is 0 Å². The second-order valence-corrected chi connectivity index (χ2v) is 5.26. The van der Waals surface area contributed by atoms with Crippen LogP contribution < -0.4 is 5.32 Å². The van der Waals surface area contributed by atoms with E-state index in [1.54, 1.807) is 10.9 Å². The summed E-state index contributed by atoms with van der Waals surface area (Å²) in [7, 11) is 1.88. The van der Waals surface area contributed by atoms with Crippen molar-refractivity contribution < 1.29 is 9.90 Å². The van der Waals surface area contributed by atoms with Gasteiger partial charge in [-0.15, -0.1) is 0 Å². The van der Waals surface area contributed by atoms with Crippen LogP contribution in [0.15, 0.2) is 6.20 Å². The molecule has 2 N–H and O–H groups in total. The summed E-state index contributed by atoms with van der Waals surface area (Å²) < 4.78 is 1.78. The lowest BCUT2D eigenvalue weighted by Gasteiger charge is -2.21. The van der Waals surface area contributed by atoms with E-state index in [-0.39, 0.29) is 12.3 Å². The predicted molar refractivity (Wildman–Crippen MR) is 67.8 cm³/mol. The molecular formula is C13H21N3O2. The van der Waals surface area contributed by atoms with Gasteiger partial charge < -0.3 is 10.4 Å². The second kappa shape index (κ2) is 5.10. The summed E-state index contributed by atoms with van der Waals surface area (Å²) in [6, 6.07) is 0. The van der Waals surface area contributed by atoms with Crippen LogP contribution in [0.4, 0.5) is 0 Å². The maximum absolute atomic E-state index is 11.8. The Labute approximate surface area is 107 Å². The number of nitrogens with zero attached hydrogens (tertiary/aromatic N) is 2. The lowest BCUT2D eigenvalue weighted by Crippen LogP contribution is -2.34. The number of aliphatic hydroxyl groups is 1. The molecule has 5 heteroatoms. The molecule has 0 aliphatic heterocycles. The Balaban J connectivity index is 1.83. The Morgan fingerprint density at radius 1 is 1.56 bits per heavy atom. The largest absolute Gasteiger partial charge is 0.389 e. The molecule has 0 bridgehead atoms. The molecular weight excluding hydrogens is 230 g/mol. The molecule has 1 aliphatic rings. The van der Waals surface area contributed by atoms with E-state index in [1.165, 1.54) is 0 Å². The van der Waals surface area contributed by atoms with Crippen molar-refractivity contribution >= 4 is 5.91 Å². The van der Waals surface area contributed by atoms with Gasteiger partial charge in [0.2, 0.25) is 5.91 Å². The van der Waals surface area contributed by atoms with E-state index in [0.29, 0.717) is 6.54 Å². The molecule has 0 aromatic carbocycles. The molecule has 0 atom stereocenters. The fraction of sp³-hybridized carbons (Fsp3) is 0.692. The van der Waals surface area contributed by atoms with Crippen LogP contribution >= 0.6 is 0 Å². The summed E-state index contributed by atoms with van der Waals surface area (Å²) in [5.41, 5.74) is 1.30. The average Bonchev–Trinajstić information content (AvgIpc) is 2.86. The maximum Gasteiger partial charge on any atom is 0.223 e. The smallest absolute Gasteiger partial charge is 0.223 e. The first-order chi connectivity index (χ1) is 8.50. The van der Waals surface area contributed by atoms with Crippen molar-refractivity contribution in [1.82, 2.24) is 15.1 Å². The highest BCUT2D eigenvalue weighted by Gasteiger charge is 2.33. The maximum atomic E-state index is 11.8. The molecule has 1 aromatic heterocycles. The van der Waals surface area contributed by atoms with Crippen LogP contribution in [0.5, 0.6) is 0 Å². The standard InChI is InChI=1S/C13H21N3O2/c1-10-11(9-15-16(10)2)8-14-12(17)7-13(18)5-3-4-6-13/h9,18H,3-8H2,1-2H3,(H,14,17). The van der Waals surface area contributed by atoms with Crippen molar-refractivity contribution in [3.05, 3.63) is 17.5 Å². The lowest BCUT2D eigenvalue weighted by molar-refractivity contribution is -0.126. The predicted octanol–water partition coefficient (Wildman–Crippen LogP) is 1.04. The molecule has 1 amide bonds. The summed E-state index contributed by atoms with van der Waals surface area (Å²) in [4.78, 5) is 11.8. The van der Waals surface area contributed by atoms with Crippen molar-refractivity contribution in [2.24, 2.45) is 7.05 Å². The average molecular weight is 251 g/mol. The van der Waals surface area contributed by atoms with E-state index < -0.39 is 5.60 Å². The Kier molecular flexibility index (Phi) is 3.71. The molecule has 5 nitrogen and oxygen atoms in total. The first kappa shape index (κ1) is 13.1. The highest BCUT2D eigenvalue weighted by Crippen LogP contribution is 2.32. The SMILES string of the molecule is Cc1c(CNC(=O)CC2(O)CCCC2)cnn1C. The number of hydrogen-bond donors (Lipinski definition) is 2. The fourth-order valence-electron chi connectivity index (χ4n) is 2.48. The highest BCUT2D eigenvalue weighted by molar-refractivity contribution is 5.77. The van der Waals surface area contributed by atoms with Gasteiger partial charge in [0.15, 0.2) is 0 Å². The second-order valence-electron chi connectivity index (χ2n) is 5.26. The molecule has 100 valence electrons. The summed E-state index contributed by atoms with van der Waals surface area (Å²) in [5.74, 6) is -0.0809. The van der Waals surface area contributed by atoms with Gasteiger partial charge in [-0.25, -0.2) is 0 Å². The van der Waals surface area contributed by atoms with Crippen LogP contribution in [-0.4, -0.2) is 26.4 Å². The van der Waals surface area contributed by atoms with Gasteiger partial charge in [0.25, 0.3) is 0 Å². The lowest BCUT2D eigenvalue weighted by atomic mass is 9.97. The van der Waals surface area contributed by atoms with Gasteiger partial charge in [-0.3, -0.25) is 9.48 Å². The summed E-state index contributed by atoms with van der Waals surface area (Å²) >= 11 is 0. The topological polar surface area (TPSA) is 67.2 Å². The van der Waals surface area contributed by atoms with E-state index in [2.05, 4.69) is 10.4 Å². The Hall–Kier alpha value is -1.36. The zero-order chi connectivity index (χ0) is 13.2. The number of amides is 1. The molecule has 18 heavy (non-hydrogen) atoms. The van der Waals surface area contributed by atoms with E-state index in [9.17, 15) is 9.90 Å². The number of carbonyl (C=O) groups excluding carboxylic acids is 1. The van der Waals surface area contributed by atoms with E-state index >= 15 is 0 Å². The van der Waals surface area contributed by atoms with Gasteiger partial charge in [-0.2, -0.15) is 5.10 Å². The number of rotatable bonds is 4. The summed E-state index contributed by atoms with van der Waals surface area (Å²) in [6.45, 7) is 2.45. The normalized spacial score (nSPS) is 17.9. The van der Waals surface area contributed by atoms with Gasteiger partial charge in [-0.05, 0) is 19.8 Å². The quantitative estimate of drug-likeness (QED) is 0.840. The Bertz CT molecular complexity index is 433. The molecule has 2 rings (SSSR count). The molecule has 0 unspecified atom stereocenters. The molecule has 0 saturated heterocycles. The first-order valence-corrected chi connectivity index (χ1v) is 6.47. The minimum absolute atomic E-state index is 0.0809. The fourth-order valence-corrected chi connectivity index (χ4v) is 2.48.